The lowest BCUT2D eigenvalue weighted by molar-refractivity contribution is 0.132. The van der Waals surface area contributed by atoms with Crippen molar-refractivity contribution in [2.24, 2.45) is 0 Å². The average molecular weight is 321 g/mol. The molecule has 0 aromatic carbocycles. The summed E-state index contributed by atoms with van der Waals surface area (Å²) in [6, 6.07) is 0.749. The lowest BCUT2D eigenvalue weighted by Gasteiger charge is -2.34. The number of hydrogen-bond donors (Lipinski definition) is 0. The summed E-state index contributed by atoms with van der Waals surface area (Å²) in [7, 11) is 0. The van der Waals surface area contributed by atoms with Crippen LogP contribution in [0.15, 0.2) is 6.33 Å². The Hall–Kier alpha value is -0.900. The number of unbranched alkanes of at least 4 members (excludes halogenated alkanes) is 7. The van der Waals surface area contributed by atoms with Gasteiger partial charge in [0.05, 0.1) is 6.54 Å². The number of hydrogen-bond acceptors (Lipinski definition) is 3. The Bertz CT molecular complexity index is 415. The fraction of sp³-hybridized carbons (Fsp3) is 0.895. The Morgan fingerprint density at radius 3 is 2.26 bits per heavy atom. The number of rotatable bonds is 12. The van der Waals surface area contributed by atoms with E-state index in [1.165, 1.54) is 77.2 Å². The van der Waals surface area contributed by atoms with Crippen molar-refractivity contribution in [2.75, 3.05) is 6.54 Å². The fourth-order valence-corrected chi connectivity index (χ4v) is 3.70. The van der Waals surface area contributed by atoms with Crippen molar-refractivity contribution < 1.29 is 0 Å². The Kier molecular flexibility index (Phi) is 8.66. The lowest BCUT2D eigenvalue weighted by Crippen LogP contribution is -2.41. The molecule has 4 nitrogen and oxygen atoms in total. The Labute approximate surface area is 142 Å². The molecule has 1 atom stereocenters. The molecule has 0 radical (unpaired) electrons. The predicted octanol–water partition coefficient (Wildman–Crippen LogP) is 4.79. The van der Waals surface area contributed by atoms with Gasteiger partial charge in [-0.3, -0.25) is 4.90 Å². The van der Waals surface area contributed by atoms with Crippen LogP contribution in [0.25, 0.3) is 0 Å². The molecule has 0 aliphatic carbocycles. The molecular weight excluding hydrogens is 284 g/mol. The van der Waals surface area contributed by atoms with E-state index in [9.17, 15) is 0 Å². The maximum Gasteiger partial charge on any atom is 0.147 e. The van der Waals surface area contributed by atoms with Crippen LogP contribution in [0.1, 0.15) is 90.3 Å². The van der Waals surface area contributed by atoms with Crippen LogP contribution < -0.4 is 0 Å². The van der Waals surface area contributed by atoms with Crippen LogP contribution in [0.3, 0.4) is 0 Å². The van der Waals surface area contributed by atoms with E-state index in [-0.39, 0.29) is 0 Å². The summed E-state index contributed by atoms with van der Waals surface area (Å²) in [5.41, 5.74) is 0. The van der Waals surface area contributed by atoms with Crippen LogP contribution in [0, 0.1) is 0 Å². The van der Waals surface area contributed by atoms with Crippen molar-refractivity contribution in [3.63, 3.8) is 0 Å². The zero-order valence-corrected chi connectivity index (χ0v) is 15.3. The zero-order chi connectivity index (χ0) is 16.3. The molecule has 1 unspecified atom stereocenters. The third-order valence-electron chi connectivity index (χ3n) is 5.22. The summed E-state index contributed by atoms with van der Waals surface area (Å²) in [5.74, 6) is 1.15. The molecular formula is C19H36N4. The second-order valence-electron chi connectivity index (χ2n) is 7.12. The van der Waals surface area contributed by atoms with E-state index in [1.54, 1.807) is 0 Å². The van der Waals surface area contributed by atoms with E-state index < -0.39 is 0 Å². The van der Waals surface area contributed by atoms with Crippen LogP contribution >= 0.6 is 0 Å². The Morgan fingerprint density at radius 1 is 0.913 bits per heavy atom. The third-order valence-corrected chi connectivity index (χ3v) is 5.22. The number of aromatic nitrogens is 3. The van der Waals surface area contributed by atoms with Crippen LogP contribution in [-0.2, 0) is 13.1 Å². The molecule has 0 bridgehead atoms. The molecule has 0 saturated heterocycles. The average Bonchev–Trinajstić information content (AvgIpc) is 3.04. The standard InChI is InChI=1S/C19H36N4/c1-3-5-7-9-11-13-18(12-10-8-6-4-2)22-14-15-23-17-20-21-19(23)16-22/h17-18H,3-16H2,1-2H3. The van der Waals surface area contributed by atoms with Crippen molar-refractivity contribution in [1.29, 1.82) is 0 Å². The largest absolute Gasteiger partial charge is 0.315 e. The van der Waals surface area contributed by atoms with Gasteiger partial charge in [0.1, 0.15) is 12.2 Å². The zero-order valence-electron chi connectivity index (χ0n) is 15.3. The molecule has 0 spiro atoms. The molecule has 1 aliphatic rings. The van der Waals surface area contributed by atoms with Gasteiger partial charge in [0.15, 0.2) is 0 Å². The highest BCUT2D eigenvalue weighted by molar-refractivity contribution is 4.91. The summed E-state index contributed by atoms with van der Waals surface area (Å²) in [5, 5.41) is 8.36. The van der Waals surface area contributed by atoms with Crippen molar-refractivity contribution in [2.45, 2.75) is 104 Å². The van der Waals surface area contributed by atoms with E-state index in [2.05, 4.69) is 33.5 Å². The van der Waals surface area contributed by atoms with Crippen molar-refractivity contribution in [3.8, 4) is 0 Å². The highest BCUT2D eigenvalue weighted by Gasteiger charge is 2.23. The SMILES string of the molecule is CCCCCCCC(CCCCCC)N1CCn2cnnc2C1. The van der Waals surface area contributed by atoms with Gasteiger partial charge in [-0.25, -0.2) is 0 Å². The molecule has 0 fully saturated rings. The Balaban J connectivity index is 1.80. The number of nitrogens with zero attached hydrogens (tertiary/aromatic N) is 4. The minimum absolute atomic E-state index is 0.749. The first-order chi connectivity index (χ1) is 11.3. The van der Waals surface area contributed by atoms with Gasteiger partial charge in [-0.2, -0.15) is 0 Å². The fourth-order valence-electron chi connectivity index (χ4n) is 3.70. The second-order valence-corrected chi connectivity index (χ2v) is 7.12. The molecule has 1 aliphatic heterocycles. The third kappa shape index (κ3) is 6.25. The molecule has 1 aromatic rings. The maximum atomic E-state index is 4.29. The molecule has 0 saturated carbocycles. The van der Waals surface area contributed by atoms with Crippen molar-refractivity contribution in [3.05, 3.63) is 12.2 Å². The monoisotopic (exact) mass is 320 g/mol. The van der Waals surface area contributed by atoms with Crippen molar-refractivity contribution >= 4 is 0 Å². The quantitative estimate of drug-likeness (QED) is 0.519. The van der Waals surface area contributed by atoms with Gasteiger partial charge in [-0.1, -0.05) is 71.6 Å². The van der Waals surface area contributed by atoms with Crippen LogP contribution in [0.5, 0.6) is 0 Å². The molecule has 23 heavy (non-hydrogen) atoms. The summed E-state index contributed by atoms with van der Waals surface area (Å²) in [6.07, 6.45) is 17.0. The highest BCUT2D eigenvalue weighted by atomic mass is 15.3. The minimum Gasteiger partial charge on any atom is -0.315 e. The summed E-state index contributed by atoms with van der Waals surface area (Å²) in [6.45, 7) is 7.80. The van der Waals surface area contributed by atoms with Crippen molar-refractivity contribution in [1.82, 2.24) is 19.7 Å². The maximum absolute atomic E-state index is 4.29. The van der Waals surface area contributed by atoms with E-state index in [4.69, 9.17) is 0 Å². The summed E-state index contributed by atoms with van der Waals surface area (Å²) in [4.78, 5) is 2.68. The first kappa shape index (κ1) is 18.4. The molecule has 0 amide bonds. The lowest BCUT2D eigenvalue weighted by atomic mass is 9.99. The molecule has 4 heteroatoms. The van der Waals surface area contributed by atoms with Gasteiger partial charge >= 0.3 is 0 Å². The second kappa shape index (κ2) is 10.8. The van der Waals surface area contributed by atoms with Gasteiger partial charge in [-0.05, 0) is 12.8 Å². The van der Waals surface area contributed by atoms with E-state index in [0.29, 0.717) is 0 Å². The van der Waals surface area contributed by atoms with Gasteiger partial charge in [0.2, 0.25) is 0 Å². The van der Waals surface area contributed by atoms with E-state index >= 15 is 0 Å². The van der Waals surface area contributed by atoms with E-state index in [1.807, 2.05) is 6.33 Å². The van der Waals surface area contributed by atoms with Crippen LogP contribution in [0.2, 0.25) is 0 Å². The van der Waals surface area contributed by atoms with E-state index in [0.717, 1.165) is 25.0 Å². The first-order valence-electron chi connectivity index (χ1n) is 9.95. The normalized spacial score (nSPS) is 16.4. The van der Waals surface area contributed by atoms with Crippen LogP contribution in [0.4, 0.5) is 0 Å². The number of fused-ring (bicyclic) bond motifs is 1. The topological polar surface area (TPSA) is 34.0 Å². The summed E-state index contributed by atoms with van der Waals surface area (Å²) < 4.78 is 2.21. The molecule has 2 heterocycles. The predicted molar refractivity (Wildman–Crippen MR) is 96.4 cm³/mol. The van der Waals surface area contributed by atoms with Gasteiger partial charge in [-0.15, -0.1) is 10.2 Å². The van der Waals surface area contributed by atoms with Gasteiger partial charge in [0.25, 0.3) is 0 Å². The van der Waals surface area contributed by atoms with Gasteiger partial charge < -0.3 is 4.57 Å². The highest BCUT2D eigenvalue weighted by Crippen LogP contribution is 2.22. The molecule has 1 aromatic heterocycles. The van der Waals surface area contributed by atoms with Gasteiger partial charge in [0, 0.05) is 19.1 Å². The molecule has 132 valence electrons. The minimum atomic E-state index is 0.749. The van der Waals surface area contributed by atoms with Crippen LogP contribution in [-0.4, -0.2) is 32.3 Å². The first-order valence-corrected chi connectivity index (χ1v) is 9.95. The summed E-state index contributed by atoms with van der Waals surface area (Å²) >= 11 is 0. The Morgan fingerprint density at radius 2 is 1.57 bits per heavy atom. The smallest absolute Gasteiger partial charge is 0.147 e. The molecule has 0 N–H and O–H groups in total. The molecule has 2 rings (SSSR count).